The molecule has 1 amide bonds. The first-order valence-electron chi connectivity index (χ1n) is 9.88. The SMILES string of the molecule is COc1cc(N)ccc1N1CCC2(CCN(C(=O)OC(C)(C)C)CC2)CC1. The minimum atomic E-state index is -0.435. The van der Waals surface area contributed by atoms with Crippen molar-refractivity contribution in [2.75, 3.05) is 43.9 Å². The molecule has 27 heavy (non-hydrogen) atoms. The maximum atomic E-state index is 12.3. The second kappa shape index (κ2) is 7.49. The molecule has 2 saturated heterocycles. The van der Waals surface area contributed by atoms with Crippen molar-refractivity contribution in [1.82, 2.24) is 4.90 Å². The van der Waals surface area contributed by atoms with E-state index in [1.165, 1.54) is 0 Å². The molecule has 0 aliphatic carbocycles. The number of nitrogen functional groups attached to an aromatic ring is 1. The van der Waals surface area contributed by atoms with E-state index in [0.717, 1.165) is 69.0 Å². The normalized spacial score (nSPS) is 19.9. The molecule has 1 aromatic carbocycles. The lowest BCUT2D eigenvalue weighted by molar-refractivity contribution is 0.00664. The van der Waals surface area contributed by atoms with Gasteiger partial charge in [0.05, 0.1) is 12.8 Å². The summed E-state index contributed by atoms with van der Waals surface area (Å²) in [6.07, 6.45) is 4.21. The van der Waals surface area contributed by atoms with Crippen molar-refractivity contribution in [3.63, 3.8) is 0 Å². The van der Waals surface area contributed by atoms with Crippen LogP contribution in [0, 0.1) is 5.41 Å². The summed E-state index contributed by atoms with van der Waals surface area (Å²) in [4.78, 5) is 16.6. The summed E-state index contributed by atoms with van der Waals surface area (Å²) in [5, 5.41) is 0. The van der Waals surface area contributed by atoms with Gasteiger partial charge < -0.3 is 25.0 Å². The van der Waals surface area contributed by atoms with Gasteiger partial charge in [0.2, 0.25) is 0 Å². The fourth-order valence-corrected chi connectivity index (χ4v) is 4.17. The lowest BCUT2D eigenvalue weighted by Crippen LogP contribution is -2.49. The Balaban J connectivity index is 1.56. The fraction of sp³-hybridized carbons (Fsp3) is 0.667. The quantitative estimate of drug-likeness (QED) is 0.794. The van der Waals surface area contributed by atoms with Crippen molar-refractivity contribution in [3.8, 4) is 5.75 Å². The predicted molar refractivity (Wildman–Crippen MR) is 108 cm³/mol. The van der Waals surface area contributed by atoms with Gasteiger partial charge in [-0.2, -0.15) is 0 Å². The number of hydrogen-bond acceptors (Lipinski definition) is 5. The van der Waals surface area contributed by atoms with Crippen LogP contribution in [0.25, 0.3) is 0 Å². The van der Waals surface area contributed by atoms with E-state index in [0.29, 0.717) is 5.41 Å². The van der Waals surface area contributed by atoms with Crippen LogP contribution in [-0.4, -0.2) is 49.9 Å². The smallest absolute Gasteiger partial charge is 0.410 e. The first-order valence-corrected chi connectivity index (χ1v) is 9.88. The maximum Gasteiger partial charge on any atom is 0.410 e. The summed E-state index contributed by atoms with van der Waals surface area (Å²) >= 11 is 0. The minimum absolute atomic E-state index is 0.179. The molecule has 6 heteroatoms. The Kier molecular flexibility index (Phi) is 5.45. The summed E-state index contributed by atoms with van der Waals surface area (Å²) in [5.74, 6) is 0.839. The molecular formula is C21H33N3O3. The summed E-state index contributed by atoms with van der Waals surface area (Å²) in [6, 6.07) is 5.87. The van der Waals surface area contributed by atoms with Crippen LogP contribution in [-0.2, 0) is 4.74 Å². The number of carbonyl (C=O) groups excluding carboxylic acids is 1. The number of benzene rings is 1. The second-order valence-electron chi connectivity index (χ2n) is 8.89. The molecule has 2 heterocycles. The lowest BCUT2D eigenvalue weighted by atomic mass is 9.71. The standard InChI is InChI=1S/C21H33N3O3/c1-20(2,3)27-19(25)24-13-9-21(10-14-24)7-11-23(12-8-21)17-6-5-16(22)15-18(17)26-4/h5-6,15H,7-14,22H2,1-4H3. The zero-order chi connectivity index (χ0) is 19.7. The molecule has 0 radical (unpaired) electrons. The van der Waals surface area contributed by atoms with Crippen LogP contribution >= 0.6 is 0 Å². The third-order valence-corrected chi connectivity index (χ3v) is 5.84. The van der Waals surface area contributed by atoms with Gasteiger partial charge in [-0.1, -0.05) is 0 Å². The molecule has 2 aliphatic rings. The number of nitrogens with two attached hydrogens (primary N) is 1. The zero-order valence-corrected chi connectivity index (χ0v) is 17.1. The number of carbonyl (C=O) groups is 1. The Bertz CT molecular complexity index is 666. The predicted octanol–water partition coefficient (Wildman–Crippen LogP) is 3.89. The molecule has 2 N–H and O–H groups in total. The Morgan fingerprint density at radius 2 is 1.67 bits per heavy atom. The molecule has 3 rings (SSSR count). The third-order valence-electron chi connectivity index (χ3n) is 5.84. The van der Waals surface area contributed by atoms with E-state index in [1.807, 2.05) is 37.8 Å². The highest BCUT2D eigenvalue weighted by atomic mass is 16.6. The van der Waals surface area contributed by atoms with Crippen molar-refractivity contribution < 1.29 is 14.3 Å². The van der Waals surface area contributed by atoms with Gasteiger partial charge in [-0.3, -0.25) is 0 Å². The van der Waals surface area contributed by atoms with Gasteiger partial charge in [0, 0.05) is 37.9 Å². The first kappa shape index (κ1) is 19.6. The van der Waals surface area contributed by atoms with Crippen molar-refractivity contribution in [2.45, 2.75) is 52.1 Å². The van der Waals surface area contributed by atoms with E-state index >= 15 is 0 Å². The minimum Gasteiger partial charge on any atom is -0.495 e. The molecule has 150 valence electrons. The first-order chi connectivity index (χ1) is 12.7. The van der Waals surface area contributed by atoms with Crippen LogP contribution in [0.15, 0.2) is 18.2 Å². The number of anilines is 2. The van der Waals surface area contributed by atoms with E-state index in [1.54, 1.807) is 7.11 Å². The van der Waals surface area contributed by atoms with Crippen LogP contribution in [0.1, 0.15) is 46.5 Å². The molecule has 2 fully saturated rings. The Hall–Kier alpha value is -2.11. The molecule has 1 spiro atoms. The molecule has 0 unspecified atom stereocenters. The van der Waals surface area contributed by atoms with Crippen molar-refractivity contribution in [1.29, 1.82) is 0 Å². The van der Waals surface area contributed by atoms with Crippen LogP contribution in [0.4, 0.5) is 16.2 Å². The van der Waals surface area contributed by atoms with Crippen molar-refractivity contribution in [3.05, 3.63) is 18.2 Å². The van der Waals surface area contributed by atoms with E-state index in [4.69, 9.17) is 15.2 Å². The number of ether oxygens (including phenoxy) is 2. The largest absolute Gasteiger partial charge is 0.495 e. The highest BCUT2D eigenvalue weighted by Gasteiger charge is 2.39. The van der Waals surface area contributed by atoms with Crippen LogP contribution in [0.5, 0.6) is 5.75 Å². The number of hydrogen-bond donors (Lipinski definition) is 1. The van der Waals surface area contributed by atoms with E-state index in [2.05, 4.69) is 11.0 Å². The van der Waals surface area contributed by atoms with Gasteiger partial charge in [-0.25, -0.2) is 4.79 Å². The van der Waals surface area contributed by atoms with Crippen molar-refractivity contribution in [2.24, 2.45) is 5.41 Å². The Labute approximate surface area is 162 Å². The topological polar surface area (TPSA) is 68.0 Å². The average molecular weight is 376 g/mol. The number of piperidine rings is 2. The van der Waals surface area contributed by atoms with Gasteiger partial charge in [0.15, 0.2) is 0 Å². The summed E-state index contributed by atoms with van der Waals surface area (Å²) in [5.41, 5.74) is 7.63. The molecule has 6 nitrogen and oxygen atoms in total. The van der Waals surface area contributed by atoms with Gasteiger partial charge in [-0.15, -0.1) is 0 Å². The van der Waals surface area contributed by atoms with Gasteiger partial charge in [0.25, 0.3) is 0 Å². The molecule has 2 aliphatic heterocycles. The van der Waals surface area contributed by atoms with E-state index in [9.17, 15) is 4.79 Å². The van der Waals surface area contributed by atoms with Gasteiger partial charge >= 0.3 is 6.09 Å². The summed E-state index contributed by atoms with van der Waals surface area (Å²) < 4.78 is 11.0. The van der Waals surface area contributed by atoms with Crippen LogP contribution in [0.3, 0.4) is 0 Å². The van der Waals surface area contributed by atoms with E-state index in [-0.39, 0.29) is 6.09 Å². The molecule has 0 bridgehead atoms. The summed E-state index contributed by atoms with van der Waals surface area (Å²) in [6.45, 7) is 9.34. The number of methoxy groups -OCH3 is 1. The summed E-state index contributed by atoms with van der Waals surface area (Å²) in [7, 11) is 1.69. The maximum absolute atomic E-state index is 12.3. The van der Waals surface area contributed by atoms with E-state index < -0.39 is 5.60 Å². The molecule has 1 aromatic rings. The van der Waals surface area contributed by atoms with Crippen LogP contribution in [0.2, 0.25) is 0 Å². The zero-order valence-electron chi connectivity index (χ0n) is 17.1. The monoisotopic (exact) mass is 375 g/mol. The second-order valence-corrected chi connectivity index (χ2v) is 8.89. The number of nitrogens with zero attached hydrogens (tertiary/aromatic N) is 2. The Morgan fingerprint density at radius 3 is 2.22 bits per heavy atom. The lowest BCUT2D eigenvalue weighted by Gasteiger charge is -2.47. The Morgan fingerprint density at radius 1 is 1.07 bits per heavy atom. The molecule has 0 saturated carbocycles. The molecule has 0 aromatic heterocycles. The average Bonchev–Trinajstić information content (AvgIpc) is 2.62. The fourth-order valence-electron chi connectivity index (χ4n) is 4.17. The van der Waals surface area contributed by atoms with Gasteiger partial charge in [0.1, 0.15) is 11.4 Å². The number of rotatable bonds is 2. The van der Waals surface area contributed by atoms with Gasteiger partial charge in [-0.05, 0) is 64.0 Å². The molecule has 0 atom stereocenters. The highest BCUT2D eigenvalue weighted by Crippen LogP contribution is 2.43. The van der Waals surface area contributed by atoms with Crippen molar-refractivity contribution >= 4 is 17.5 Å². The highest BCUT2D eigenvalue weighted by molar-refractivity contribution is 5.68. The third kappa shape index (κ3) is 4.60. The molecular weight excluding hydrogens is 342 g/mol. The number of likely N-dealkylation sites (tertiary alicyclic amines) is 1. The van der Waals surface area contributed by atoms with Crippen LogP contribution < -0.4 is 15.4 Å². The number of amides is 1.